The second kappa shape index (κ2) is 9.67. The zero-order valence-electron chi connectivity index (χ0n) is 13.7. The average molecular weight is 482 g/mol. The molecular weight excluding hydrogens is 456 g/mol. The lowest BCUT2D eigenvalue weighted by molar-refractivity contribution is -0.143. The SMILES string of the molecule is CCNC(=NCC1(O)CCSC1)NC1CCN(CC(F)(F)F)C1.I. The van der Waals surface area contributed by atoms with E-state index in [1.165, 1.54) is 4.90 Å². The minimum atomic E-state index is -4.16. The molecule has 2 saturated heterocycles. The lowest BCUT2D eigenvalue weighted by Crippen LogP contribution is -2.46. The van der Waals surface area contributed by atoms with Crippen LogP contribution in [0.4, 0.5) is 13.2 Å². The van der Waals surface area contributed by atoms with E-state index >= 15 is 0 Å². The Balaban J connectivity index is 0.00000288. The maximum atomic E-state index is 12.4. The Morgan fingerprint density at radius 2 is 2.21 bits per heavy atom. The molecule has 2 rings (SSSR count). The van der Waals surface area contributed by atoms with Crippen LogP contribution in [0.1, 0.15) is 19.8 Å². The molecule has 0 aliphatic carbocycles. The highest BCUT2D eigenvalue weighted by atomic mass is 127. The maximum Gasteiger partial charge on any atom is 0.401 e. The molecule has 0 amide bonds. The monoisotopic (exact) mass is 482 g/mol. The van der Waals surface area contributed by atoms with Gasteiger partial charge in [0.1, 0.15) is 0 Å². The molecule has 2 atom stereocenters. The van der Waals surface area contributed by atoms with Crippen LogP contribution in [0.15, 0.2) is 4.99 Å². The quantitative estimate of drug-likeness (QED) is 0.316. The molecule has 0 bridgehead atoms. The van der Waals surface area contributed by atoms with Crippen molar-refractivity contribution < 1.29 is 18.3 Å². The van der Waals surface area contributed by atoms with E-state index in [0.29, 0.717) is 44.3 Å². The van der Waals surface area contributed by atoms with Gasteiger partial charge in [0.05, 0.1) is 18.7 Å². The first-order valence-electron chi connectivity index (χ1n) is 7.94. The number of guanidine groups is 1. The van der Waals surface area contributed by atoms with Crippen LogP contribution < -0.4 is 10.6 Å². The zero-order chi connectivity index (χ0) is 16.9. The van der Waals surface area contributed by atoms with Gasteiger partial charge >= 0.3 is 6.18 Å². The number of aliphatic imine (C=N–C) groups is 1. The number of thioether (sulfide) groups is 1. The number of nitrogens with one attached hydrogen (secondary N) is 2. The standard InChI is InChI=1S/C14H25F3N4OS.HI/c1-2-18-12(19-8-13(22)4-6-23-10-13)20-11-3-5-21(7-11)9-14(15,16)17;/h11,22H,2-10H2,1H3,(H2,18,19,20);1H. The predicted octanol–water partition coefficient (Wildman–Crippen LogP) is 1.66. The average Bonchev–Trinajstić information content (AvgIpc) is 3.05. The fourth-order valence-corrected chi connectivity index (χ4v) is 4.09. The van der Waals surface area contributed by atoms with Crippen LogP contribution in [0.5, 0.6) is 0 Å². The van der Waals surface area contributed by atoms with Crippen molar-refractivity contribution in [3.8, 4) is 0 Å². The fraction of sp³-hybridized carbons (Fsp3) is 0.929. The van der Waals surface area contributed by atoms with Gasteiger partial charge in [-0.1, -0.05) is 0 Å². The number of likely N-dealkylation sites (tertiary alicyclic amines) is 1. The molecule has 0 aromatic carbocycles. The van der Waals surface area contributed by atoms with Crippen molar-refractivity contribution in [2.24, 2.45) is 4.99 Å². The van der Waals surface area contributed by atoms with Gasteiger partial charge in [-0.2, -0.15) is 24.9 Å². The Bertz CT molecular complexity index is 419. The van der Waals surface area contributed by atoms with Crippen molar-refractivity contribution >= 4 is 41.7 Å². The van der Waals surface area contributed by atoms with E-state index < -0.39 is 18.3 Å². The van der Waals surface area contributed by atoms with Crippen molar-refractivity contribution in [1.82, 2.24) is 15.5 Å². The van der Waals surface area contributed by atoms with Crippen LogP contribution in [0, 0.1) is 0 Å². The first kappa shape index (κ1) is 22.1. The Kier molecular flexibility index (Phi) is 8.91. The molecule has 0 saturated carbocycles. The van der Waals surface area contributed by atoms with Gasteiger partial charge in [0, 0.05) is 31.4 Å². The number of aliphatic hydroxyl groups is 1. The van der Waals surface area contributed by atoms with Gasteiger partial charge in [-0.15, -0.1) is 24.0 Å². The molecule has 142 valence electrons. The smallest absolute Gasteiger partial charge is 0.387 e. The van der Waals surface area contributed by atoms with Crippen LogP contribution in [0.25, 0.3) is 0 Å². The van der Waals surface area contributed by atoms with E-state index in [1.807, 2.05) is 6.92 Å². The highest BCUT2D eigenvalue weighted by molar-refractivity contribution is 14.0. The van der Waals surface area contributed by atoms with E-state index in [4.69, 9.17) is 0 Å². The molecule has 2 unspecified atom stereocenters. The molecule has 0 aromatic rings. The second-order valence-corrected chi connectivity index (χ2v) is 7.31. The van der Waals surface area contributed by atoms with Crippen molar-refractivity contribution in [1.29, 1.82) is 0 Å². The van der Waals surface area contributed by atoms with Crippen molar-refractivity contribution in [3.05, 3.63) is 0 Å². The third-order valence-electron chi connectivity index (χ3n) is 3.97. The normalized spacial score (nSPS) is 28.7. The van der Waals surface area contributed by atoms with Crippen LogP contribution in [0.2, 0.25) is 0 Å². The summed E-state index contributed by atoms with van der Waals surface area (Å²) in [7, 11) is 0. The number of hydrogen-bond acceptors (Lipinski definition) is 4. The lowest BCUT2D eigenvalue weighted by Gasteiger charge is -2.22. The van der Waals surface area contributed by atoms with Crippen molar-refractivity contribution in [2.75, 3.05) is 44.2 Å². The number of hydrogen-bond donors (Lipinski definition) is 3. The van der Waals surface area contributed by atoms with Crippen LogP contribution >= 0.6 is 35.7 Å². The highest BCUT2D eigenvalue weighted by Crippen LogP contribution is 2.27. The van der Waals surface area contributed by atoms with Crippen LogP contribution in [-0.4, -0.2) is 78.0 Å². The highest BCUT2D eigenvalue weighted by Gasteiger charge is 2.35. The van der Waals surface area contributed by atoms with Gasteiger partial charge in [-0.05, 0) is 25.5 Å². The van der Waals surface area contributed by atoms with E-state index in [2.05, 4.69) is 15.6 Å². The number of nitrogens with zero attached hydrogens (tertiary/aromatic N) is 2. The largest absolute Gasteiger partial charge is 0.401 e. The van der Waals surface area contributed by atoms with E-state index in [-0.39, 0.29) is 30.0 Å². The lowest BCUT2D eigenvalue weighted by atomic mass is 10.1. The molecule has 2 aliphatic rings. The Labute approximate surface area is 162 Å². The number of rotatable bonds is 5. The third kappa shape index (κ3) is 7.52. The summed E-state index contributed by atoms with van der Waals surface area (Å²) in [4.78, 5) is 5.83. The molecule has 2 fully saturated rings. The van der Waals surface area contributed by atoms with Crippen molar-refractivity contribution in [2.45, 2.75) is 37.6 Å². The fourth-order valence-electron chi connectivity index (χ4n) is 2.81. The van der Waals surface area contributed by atoms with E-state index in [1.54, 1.807) is 11.8 Å². The van der Waals surface area contributed by atoms with Gasteiger partial charge in [-0.25, -0.2) is 0 Å². The first-order valence-corrected chi connectivity index (χ1v) is 9.09. The molecule has 5 nitrogen and oxygen atoms in total. The maximum absolute atomic E-state index is 12.4. The summed E-state index contributed by atoms with van der Waals surface area (Å²) in [6.45, 7) is 2.82. The van der Waals surface area contributed by atoms with E-state index in [9.17, 15) is 18.3 Å². The minimum Gasteiger partial charge on any atom is -0.387 e. The molecule has 10 heteroatoms. The van der Waals surface area contributed by atoms with Crippen LogP contribution in [-0.2, 0) is 0 Å². The summed E-state index contributed by atoms with van der Waals surface area (Å²) < 4.78 is 37.3. The van der Waals surface area contributed by atoms with Gasteiger partial charge in [-0.3, -0.25) is 9.89 Å². The van der Waals surface area contributed by atoms with Gasteiger partial charge in [0.25, 0.3) is 0 Å². The van der Waals surface area contributed by atoms with Crippen LogP contribution in [0.3, 0.4) is 0 Å². The molecule has 0 radical (unpaired) electrons. The summed E-state index contributed by atoms with van der Waals surface area (Å²) in [5, 5.41) is 16.6. The molecule has 3 N–H and O–H groups in total. The zero-order valence-corrected chi connectivity index (χ0v) is 16.9. The van der Waals surface area contributed by atoms with Crippen molar-refractivity contribution in [3.63, 3.8) is 0 Å². The first-order chi connectivity index (χ1) is 10.8. The Morgan fingerprint density at radius 3 is 2.79 bits per heavy atom. The topological polar surface area (TPSA) is 59.9 Å². The van der Waals surface area contributed by atoms with Gasteiger partial charge < -0.3 is 15.7 Å². The predicted molar refractivity (Wildman–Crippen MR) is 102 cm³/mol. The minimum absolute atomic E-state index is 0. The summed E-state index contributed by atoms with van der Waals surface area (Å²) >= 11 is 1.71. The second-order valence-electron chi connectivity index (χ2n) is 6.20. The third-order valence-corrected chi connectivity index (χ3v) is 5.21. The molecule has 0 aromatic heterocycles. The summed E-state index contributed by atoms with van der Waals surface area (Å²) in [6, 6.07) is -0.0530. The molecule has 24 heavy (non-hydrogen) atoms. The molecule has 2 heterocycles. The summed E-state index contributed by atoms with van der Waals surface area (Å²) in [5.41, 5.74) is -0.759. The number of halogens is 4. The van der Waals surface area contributed by atoms with Gasteiger partial charge in [0.2, 0.25) is 0 Å². The van der Waals surface area contributed by atoms with Gasteiger partial charge in [0.15, 0.2) is 5.96 Å². The summed E-state index contributed by atoms with van der Waals surface area (Å²) in [5.74, 6) is 2.18. The summed E-state index contributed by atoms with van der Waals surface area (Å²) in [6.07, 6.45) is -2.78. The molecule has 0 spiro atoms. The Hall–Kier alpha value is 0.0600. The Morgan fingerprint density at radius 1 is 1.46 bits per heavy atom. The van der Waals surface area contributed by atoms with E-state index in [0.717, 1.165) is 12.2 Å². The molecular formula is C14H26F3IN4OS. The number of alkyl halides is 3. The molecule has 2 aliphatic heterocycles.